The lowest BCUT2D eigenvalue weighted by molar-refractivity contribution is -0.119. The van der Waals surface area contributed by atoms with E-state index in [1.54, 1.807) is 6.92 Å². The van der Waals surface area contributed by atoms with E-state index in [9.17, 15) is 9.59 Å². The van der Waals surface area contributed by atoms with Gasteiger partial charge in [0.1, 0.15) is 5.78 Å². The molecule has 0 saturated carbocycles. The minimum Gasteiger partial charge on any atom is -0.313 e. The molecule has 0 aliphatic heterocycles. The minimum absolute atomic E-state index is 0.213. The molecule has 1 aromatic carbocycles. The first-order valence-electron chi connectivity index (χ1n) is 8.50. The third-order valence-electron chi connectivity index (χ3n) is 3.85. The van der Waals surface area contributed by atoms with E-state index in [1.165, 1.54) is 0 Å². The van der Waals surface area contributed by atoms with E-state index >= 15 is 0 Å². The van der Waals surface area contributed by atoms with Crippen LogP contribution in [0.15, 0.2) is 30.3 Å². The van der Waals surface area contributed by atoms with E-state index in [0.29, 0.717) is 19.4 Å². The quantitative estimate of drug-likeness (QED) is 0.553. The zero-order valence-corrected chi connectivity index (χ0v) is 14.0. The standard InChI is InChI=1S/C19H29NO2/c1-3-20(18-14-10-8-11-15-18)19(22)16-12-7-5-4-6-9-13-17(2)21/h8,10-11,14-15H,3-7,9,12-13,16H2,1-2H3. The molecule has 22 heavy (non-hydrogen) atoms. The van der Waals surface area contributed by atoms with Gasteiger partial charge < -0.3 is 9.69 Å². The molecule has 0 N–H and O–H groups in total. The van der Waals surface area contributed by atoms with Gasteiger partial charge >= 0.3 is 0 Å². The van der Waals surface area contributed by atoms with Crippen LogP contribution in [0.5, 0.6) is 0 Å². The van der Waals surface area contributed by atoms with Crippen molar-refractivity contribution in [1.29, 1.82) is 0 Å². The molecule has 0 saturated heterocycles. The number of unbranched alkanes of at least 4 members (excludes halogenated alkanes) is 5. The molecule has 0 fully saturated rings. The molecule has 0 heterocycles. The summed E-state index contributed by atoms with van der Waals surface area (Å²) in [5.74, 6) is 0.497. The van der Waals surface area contributed by atoms with Gasteiger partial charge in [0.15, 0.2) is 0 Å². The fourth-order valence-electron chi connectivity index (χ4n) is 2.60. The maximum absolute atomic E-state index is 12.3. The molecule has 0 aliphatic rings. The summed E-state index contributed by atoms with van der Waals surface area (Å²) in [6.45, 7) is 4.38. The second kappa shape index (κ2) is 11.0. The summed E-state index contributed by atoms with van der Waals surface area (Å²) in [7, 11) is 0. The average molecular weight is 303 g/mol. The molecule has 0 unspecified atom stereocenters. The lowest BCUT2D eigenvalue weighted by Crippen LogP contribution is -2.30. The number of hydrogen-bond acceptors (Lipinski definition) is 2. The topological polar surface area (TPSA) is 37.4 Å². The molecule has 0 aromatic heterocycles. The molecule has 0 aliphatic carbocycles. The highest BCUT2D eigenvalue weighted by Crippen LogP contribution is 2.16. The van der Waals surface area contributed by atoms with Crippen molar-refractivity contribution < 1.29 is 9.59 Å². The second-order valence-corrected chi connectivity index (χ2v) is 5.80. The Kier molecular flexibility index (Phi) is 9.20. The number of benzene rings is 1. The number of carbonyl (C=O) groups is 2. The second-order valence-electron chi connectivity index (χ2n) is 5.80. The van der Waals surface area contributed by atoms with Crippen LogP contribution >= 0.6 is 0 Å². The van der Waals surface area contributed by atoms with Gasteiger partial charge in [-0.05, 0) is 38.8 Å². The van der Waals surface area contributed by atoms with Crippen LogP contribution in [-0.2, 0) is 9.59 Å². The van der Waals surface area contributed by atoms with Gasteiger partial charge in [-0.25, -0.2) is 0 Å². The van der Waals surface area contributed by atoms with Crippen molar-refractivity contribution >= 4 is 17.4 Å². The number of Topliss-reactive ketones (excluding diaryl/α,β-unsaturated/α-hetero) is 1. The predicted octanol–water partition coefficient (Wildman–Crippen LogP) is 4.75. The van der Waals surface area contributed by atoms with Crippen LogP contribution in [0.3, 0.4) is 0 Å². The van der Waals surface area contributed by atoms with Crippen molar-refractivity contribution in [2.45, 2.75) is 65.2 Å². The summed E-state index contributed by atoms with van der Waals surface area (Å²) in [5.41, 5.74) is 0.985. The average Bonchev–Trinajstić information content (AvgIpc) is 2.51. The Balaban J connectivity index is 2.16. The number of carbonyl (C=O) groups excluding carboxylic acids is 2. The predicted molar refractivity (Wildman–Crippen MR) is 92.1 cm³/mol. The first-order chi connectivity index (χ1) is 10.6. The molecular weight excluding hydrogens is 274 g/mol. The molecule has 1 amide bonds. The third-order valence-corrected chi connectivity index (χ3v) is 3.85. The Morgan fingerprint density at radius 3 is 1.95 bits per heavy atom. The van der Waals surface area contributed by atoms with Crippen molar-refractivity contribution in [2.75, 3.05) is 11.4 Å². The van der Waals surface area contributed by atoms with Gasteiger partial charge in [-0.15, -0.1) is 0 Å². The molecule has 3 nitrogen and oxygen atoms in total. The van der Waals surface area contributed by atoms with Gasteiger partial charge in [0.2, 0.25) is 5.91 Å². The molecule has 1 aromatic rings. The highest BCUT2D eigenvalue weighted by molar-refractivity contribution is 5.93. The highest BCUT2D eigenvalue weighted by atomic mass is 16.2. The molecule has 0 radical (unpaired) electrons. The Hall–Kier alpha value is -1.64. The molecular formula is C19H29NO2. The smallest absolute Gasteiger partial charge is 0.226 e. The van der Waals surface area contributed by atoms with Crippen LogP contribution in [0.4, 0.5) is 5.69 Å². The van der Waals surface area contributed by atoms with Crippen molar-refractivity contribution in [3.05, 3.63) is 30.3 Å². The lowest BCUT2D eigenvalue weighted by atomic mass is 10.1. The largest absolute Gasteiger partial charge is 0.313 e. The zero-order chi connectivity index (χ0) is 16.2. The number of hydrogen-bond donors (Lipinski definition) is 0. The van der Waals surface area contributed by atoms with E-state index in [2.05, 4.69) is 0 Å². The number of rotatable bonds is 11. The Morgan fingerprint density at radius 2 is 1.41 bits per heavy atom. The summed E-state index contributed by atoms with van der Waals surface area (Å²) in [5, 5.41) is 0. The first-order valence-corrected chi connectivity index (χ1v) is 8.50. The van der Waals surface area contributed by atoms with Crippen LogP contribution in [0.25, 0.3) is 0 Å². The summed E-state index contributed by atoms with van der Waals surface area (Å²) >= 11 is 0. The fourth-order valence-corrected chi connectivity index (χ4v) is 2.60. The highest BCUT2D eigenvalue weighted by Gasteiger charge is 2.12. The van der Waals surface area contributed by atoms with Crippen LogP contribution in [0, 0.1) is 0 Å². The van der Waals surface area contributed by atoms with Crippen molar-refractivity contribution in [2.24, 2.45) is 0 Å². The van der Waals surface area contributed by atoms with Crippen LogP contribution in [0.1, 0.15) is 65.2 Å². The SMILES string of the molecule is CCN(C(=O)CCCCCCCCC(C)=O)c1ccccc1. The molecule has 0 bridgehead atoms. The van der Waals surface area contributed by atoms with Gasteiger partial charge in [-0.1, -0.05) is 43.9 Å². The van der Waals surface area contributed by atoms with Gasteiger partial charge in [-0.2, -0.15) is 0 Å². The molecule has 3 heteroatoms. The number of para-hydroxylation sites is 1. The molecule has 0 spiro atoms. The summed E-state index contributed by atoms with van der Waals surface area (Å²) in [6.07, 6.45) is 7.83. The van der Waals surface area contributed by atoms with E-state index < -0.39 is 0 Å². The maximum atomic E-state index is 12.3. The van der Waals surface area contributed by atoms with Crippen molar-refractivity contribution in [3.8, 4) is 0 Å². The van der Waals surface area contributed by atoms with E-state index in [0.717, 1.165) is 44.2 Å². The van der Waals surface area contributed by atoms with E-state index in [-0.39, 0.29) is 11.7 Å². The third kappa shape index (κ3) is 7.39. The van der Waals surface area contributed by atoms with Crippen LogP contribution < -0.4 is 4.90 Å². The summed E-state index contributed by atoms with van der Waals surface area (Å²) < 4.78 is 0. The molecule has 1 rings (SSSR count). The van der Waals surface area contributed by atoms with Gasteiger partial charge in [0.05, 0.1) is 0 Å². The van der Waals surface area contributed by atoms with Gasteiger partial charge in [0.25, 0.3) is 0 Å². The normalized spacial score (nSPS) is 10.5. The van der Waals surface area contributed by atoms with Crippen molar-refractivity contribution in [3.63, 3.8) is 0 Å². The minimum atomic E-state index is 0.213. The summed E-state index contributed by atoms with van der Waals surface area (Å²) in [6, 6.07) is 9.86. The number of ketones is 1. The Morgan fingerprint density at radius 1 is 0.864 bits per heavy atom. The van der Waals surface area contributed by atoms with Crippen LogP contribution in [0.2, 0.25) is 0 Å². The number of nitrogens with zero attached hydrogens (tertiary/aromatic N) is 1. The zero-order valence-electron chi connectivity index (χ0n) is 14.0. The fraction of sp³-hybridized carbons (Fsp3) is 0.579. The van der Waals surface area contributed by atoms with Gasteiger partial charge in [-0.3, -0.25) is 4.79 Å². The molecule has 122 valence electrons. The maximum Gasteiger partial charge on any atom is 0.226 e. The van der Waals surface area contributed by atoms with E-state index in [1.807, 2.05) is 42.2 Å². The lowest BCUT2D eigenvalue weighted by Gasteiger charge is -2.21. The van der Waals surface area contributed by atoms with E-state index in [4.69, 9.17) is 0 Å². The first kappa shape index (κ1) is 18.4. The van der Waals surface area contributed by atoms with Gasteiger partial charge in [0, 0.05) is 25.1 Å². The molecule has 0 atom stereocenters. The number of anilines is 1. The summed E-state index contributed by atoms with van der Waals surface area (Å²) in [4.78, 5) is 24.9. The van der Waals surface area contributed by atoms with Crippen molar-refractivity contribution in [1.82, 2.24) is 0 Å². The number of amides is 1. The van der Waals surface area contributed by atoms with Crippen LogP contribution in [-0.4, -0.2) is 18.2 Å². The Labute approximate surface area is 134 Å². The monoisotopic (exact) mass is 303 g/mol. The Bertz CT molecular complexity index is 442.